The molecule has 25 heavy (non-hydrogen) atoms. The molecule has 0 unspecified atom stereocenters. The highest BCUT2D eigenvalue weighted by Gasteiger charge is 2.31. The van der Waals surface area contributed by atoms with E-state index in [-0.39, 0.29) is 24.2 Å². The summed E-state index contributed by atoms with van der Waals surface area (Å²) < 4.78 is 13.8. The third kappa shape index (κ3) is 5.16. The third-order valence-corrected chi connectivity index (χ3v) is 4.44. The number of hydrogen-bond acceptors (Lipinski definition) is 3. The fraction of sp³-hybridized carbons (Fsp3) is 0.556. The van der Waals surface area contributed by atoms with Crippen LogP contribution in [-0.2, 0) is 4.79 Å². The highest BCUT2D eigenvalue weighted by atomic mass is 19.1. The maximum Gasteiger partial charge on any atom is 0.325 e. The van der Waals surface area contributed by atoms with E-state index in [2.05, 4.69) is 24.1 Å². The van der Waals surface area contributed by atoms with Crippen molar-refractivity contribution < 1.29 is 14.0 Å². The molecule has 7 heteroatoms. The zero-order valence-corrected chi connectivity index (χ0v) is 15.0. The lowest BCUT2D eigenvalue weighted by Gasteiger charge is -2.19. The van der Waals surface area contributed by atoms with Gasteiger partial charge in [-0.3, -0.25) is 9.69 Å². The molecule has 0 aromatic heterocycles. The fourth-order valence-corrected chi connectivity index (χ4v) is 2.92. The predicted octanol–water partition coefficient (Wildman–Crippen LogP) is 1.92. The molecule has 2 rings (SSSR count). The number of halogens is 1. The number of benzene rings is 1. The summed E-state index contributed by atoms with van der Waals surface area (Å²) in [4.78, 5) is 29.5. The van der Waals surface area contributed by atoms with Gasteiger partial charge in [-0.25, -0.2) is 9.18 Å². The van der Waals surface area contributed by atoms with E-state index in [0.717, 1.165) is 26.1 Å². The Morgan fingerprint density at radius 2 is 1.96 bits per heavy atom. The van der Waals surface area contributed by atoms with Crippen LogP contribution in [0.1, 0.15) is 20.3 Å². The molecule has 1 aromatic carbocycles. The second-order valence-corrected chi connectivity index (χ2v) is 6.04. The van der Waals surface area contributed by atoms with Gasteiger partial charge in [0.1, 0.15) is 12.4 Å². The van der Waals surface area contributed by atoms with Gasteiger partial charge in [0.05, 0.1) is 5.69 Å². The number of carbonyl (C=O) groups is 2. The molecule has 1 fully saturated rings. The van der Waals surface area contributed by atoms with Crippen LogP contribution in [0.15, 0.2) is 24.3 Å². The maximum atomic E-state index is 13.8. The summed E-state index contributed by atoms with van der Waals surface area (Å²) in [6.45, 7) is 8.57. The molecule has 1 aromatic rings. The molecule has 138 valence electrons. The van der Waals surface area contributed by atoms with Crippen molar-refractivity contribution in [1.82, 2.24) is 15.1 Å². The number of hydrogen-bond donors (Lipinski definition) is 1. The van der Waals surface area contributed by atoms with Crippen LogP contribution in [-0.4, -0.2) is 67.6 Å². The minimum Gasteiger partial charge on any atom is -0.355 e. The Morgan fingerprint density at radius 3 is 2.64 bits per heavy atom. The van der Waals surface area contributed by atoms with Crippen LogP contribution < -0.4 is 10.2 Å². The SMILES string of the molecule is CCN(CC)CCCNC(=O)CN1CCN(c2ccccc2F)C1=O. The molecule has 1 aliphatic heterocycles. The average molecular weight is 350 g/mol. The van der Waals surface area contributed by atoms with E-state index in [0.29, 0.717) is 19.6 Å². The standard InChI is InChI=1S/C18H27FN4O2/c1-3-21(4-2)11-7-10-20-17(24)14-22-12-13-23(18(22)25)16-9-6-5-8-15(16)19/h5-6,8-9H,3-4,7,10-14H2,1-2H3,(H,20,24). The van der Waals surface area contributed by atoms with Gasteiger partial charge in [0.15, 0.2) is 0 Å². The molecule has 6 nitrogen and oxygen atoms in total. The van der Waals surface area contributed by atoms with Gasteiger partial charge >= 0.3 is 6.03 Å². The van der Waals surface area contributed by atoms with Gasteiger partial charge in [-0.05, 0) is 38.2 Å². The van der Waals surface area contributed by atoms with Crippen LogP contribution in [0.2, 0.25) is 0 Å². The molecule has 0 saturated carbocycles. The molecule has 1 saturated heterocycles. The summed E-state index contributed by atoms with van der Waals surface area (Å²) in [6, 6.07) is 5.85. The maximum absolute atomic E-state index is 13.8. The quantitative estimate of drug-likeness (QED) is 0.692. The largest absolute Gasteiger partial charge is 0.355 e. The van der Waals surface area contributed by atoms with Crippen LogP contribution in [0.5, 0.6) is 0 Å². The van der Waals surface area contributed by atoms with Crippen molar-refractivity contribution in [2.75, 3.05) is 50.7 Å². The van der Waals surface area contributed by atoms with E-state index in [1.165, 1.54) is 15.9 Å². The van der Waals surface area contributed by atoms with E-state index in [4.69, 9.17) is 0 Å². The Kier molecular flexibility index (Phi) is 7.18. The zero-order valence-electron chi connectivity index (χ0n) is 15.0. The predicted molar refractivity (Wildman–Crippen MR) is 96.1 cm³/mol. The van der Waals surface area contributed by atoms with E-state index in [1.54, 1.807) is 18.2 Å². The summed E-state index contributed by atoms with van der Waals surface area (Å²) in [7, 11) is 0. The van der Waals surface area contributed by atoms with Crippen molar-refractivity contribution in [1.29, 1.82) is 0 Å². The zero-order chi connectivity index (χ0) is 18.2. The van der Waals surface area contributed by atoms with Crippen LogP contribution in [0.3, 0.4) is 0 Å². The monoisotopic (exact) mass is 350 g/mol. The Labute approximate surface area is 148 Å². The van der Waals surface area contributed by atoms with Crippen molar-refractivity contribution in [3.63, 3.8) is 0 Å². The second-order valence-electron chi connectivity index (χ2n) is 6.04. The number of nitrogens with one attached hydrogen (secondary N) is 1. The molecule has 0 atom stereocenters. The Balaban J connectivity index is 1.77. The minimum absolute atomic E-state index is 0.00898. The number of carbonyl (C=O) groups excluding carboxylic acids is 2. The first kappa shape index (κ1) is 19.2. The van der Waals surface area contributed by atoms with Crippen LogP contribution >= 0.6 is 0 Å². The summed E-state index contributed by atoms with van der Waals surface area (Å²) >= 11 is 0. The average Bonchev–Trinajstić information content (AvgIpc) is 2.96. The lowest BCUT2D eigenvalue weighted by molar-refractivity contribution is -0.121. The number of nitrogens with zero attached hydrogens (tertiary/aromatic N) is 3. The number of anilines is 1. The second kappa shape index (κ2) is 9.36. The van der Waals surface area contributed by atoms with Crippen molar-refractivity contribution in [3.05, 3.63) is 30.1 Å². The number of para-hydroxylation sites is 1. The van der Waals surface area contributed by atoms with Gasteiger partial charge in [-0.15, -0.1) is 0 Å². The van der Waals surface area contributed by atoms with Crippen LogP contribution in [0, 0.1) is 5.82 Å². The lowest BCUT2D eigenvalue weighted by atomic mass is 10.3. The van der Waals surface area contributed by atoms with Gasteiger partial charge < -0.3 is 15.1 Å². The van der Waals surface area contributed by atoms with Crippen molar-refractivity contribution in [3.8, 4) is 0 Å². The smallest absolute Gasteiger partial charge is 0.325 e. The van der Waals surface area contributed by atoms with E-state index in [1.807, 2.05) is 0 Å². The van der Waals surface area contributed by atoms with E-state index in [9.17, 15) is 14.0 Å². The Morgan fingerprint density at radius 1 is 1.24 bits per heavy atom. The first-order chi connectivity index (χ1) is 12.1. The topological polar surface area (TPSA) is 55.9 Å². The number of amides is 3. The van der Waals surface area contributed by atoms with Crippen molar-refractivity contribution in [2.24, 2.45) is 0 Å². The van der Waals surface area contributed by atoms with E-state index < -0.39 is 5.82 Å². The Hall–Kier alpha value is -2.15. The van der Waals surface area contributed by atoms with Gasteiger partial charge in [-0.2, -0.15) is 0 Å². The molecule has 1 N–H and O–H groups in total. The Bertz CT molecular complexity index is 592. The molecular weight excluding hydrogens is 323 g/mol. The van der Waals surface area contributed by atoms with Crippen LogP contribution in [0.4, 0.5) is 14.9 Å². The molecule has 0 radical (unpaired) electrons. The molecule has 0 bridgehead atoms. The highest BCUT2D eigenvalue weighted by molar-refractivity contribution is 5.96. The summed E-state index contributed by atoms with van der Waals surface area (Å²) in [6.07, 6.45) is 0.878. The summed E-state index contributed by atoms with van der Waals surface area (Å²) in [5, 5.41) is 2.85. The van der Waals surface area contributed by atoms with Gasteiger partial charge in [0, 0.05) is 19.6 Å². The minimum atomic E-state index is -0.432. The first-order valence-electron chi connectivity index (χ1n) is 8.86. The van der Waals surface area contributed by atoms with Crippen molar-refractivity contribution in [2.45, 2.75) is 20.3 Å². The third-order valence-electron chi connectivity index (χ3n) is 4.44. The molecule has 0 spiro atoms. The number of urea groups is 1. The normalized spacial score (nSPS) is 14.5. The summed E-state index contributed by atoms with van der Waals surface area (Å²) in [5.41, 5.74) is 0.259. The highest BCUT2D eigenvalue weighted by Crippen LogP contribution is 2.23. The van der Waals surface area contributed by atoms with Crippen molar-refractivity contribution >= 4 is 17.6 Å². The van der Waals surface area contributed by atoms with Crippen LogP contribution in [0.25, 0.3) is 0 Å². The lowest BCUT2D eigenvalue weighted by Crippen LogP contribution is -2.40. The molecular formula is C18H27FN4O2. The fourth-order valence-electron chi connectivity index (χ4n) is 2.92. The molecule has 0 aliphatic carbocycles. The molecule has 3 amide bonds. The van der Waals surface area contributed by atoms with E-state index >= 15 is 0 Å². The molecule has 1 heterocycles. The van der Waals surface area contributed by atoms with Gasteiger partial charge in [0.2, 0.25) is 5.91 Å². The van der Waals surface area contributed by atoms with Gasteiger partial charge in [-0.1, -0.05) is 26.0 Å². The summed E-state index contributed by atoms with van der Waals surface area (Å²) in [5.74, 6) is -0.609. The molecule has 1 aliphatic rings. The van der Waals surface area contributed by atoms with Gasteiger partial charge in [0.25, 0.3) is 0 Å². The first-order valence-corrected chi connectivity index (χ1v) is 8.86. The number of rotatable bonds is 9.